The molecule has 1 atom stereocenters. The maximum absolute atomic E-state index is 14.0. The second-order valence-electron chi connectivity index (χ2n) is 6.54. The van der Waals surface area contributed by atoms with Crippen molar-refractivity contribution in [2.24, 2.45) is 0 Å². The van der Waals surface area contributed by atoms with Crippen LogP contribution < -0.4 is 5.01 Å². The molecule has 1 unspecified atom stereocenters. The number of benzene rings is 1. The molecular weight excluding hydrogens is 275 g/mol. The number of aliphatic hydroxyl groups is 1. The van der Waals surface area contributed by atoms with E-state index in [1.807, 2.05) is 0 Å². The van der Waals surface area contributed by atoms with Crippen LogP contribution >= 0.6 is 0 Å². The zero-order valence-corrected chi connectivity index (χ0v) is 12.8. The molecule has 0 aromatic heterocycles. The highest BCUT2D eigenvalue weighted by Crippen LogP contribution is 2.30. The minimum absolute atomic E-state index is 0.0518. The lowest BCUT2D eigenvalue weighted by Crippen LogP contribution is -2.44. The third-order valence-electron chi connectivity index (χ3n) is 3.01. The van der Waals surface area contributed by atoms with Crippen molar-refractivity contribution >= 4 is 11.8 Å². The van der Waals surface area contributed by atoms with Crippen LogP contribution in [0.1, 0.15) is 27.7 Å². The topological polar surface area (TPSA) is 53.0 Å². The number of amides is 1. The number of halogens is 1. The van der Waals surface area contributed by atoms with Gasteiger partial charge in [0.1, 0.15) is 17.0 Å². The lowest BCUT2D eigenvalue weighted by molar-refractivity contribution is 0.0185. The fraction of sp³-hybridized carbons (Fsp3) is 0.533. The fourth-order valence-electron chi connectivity index (χ4n) is 2.22. The quantitative estimate of drug-likeness (QED) is 0.865. The standard InChI is InChI=1S/C15H21FN2O3/c1-14(2,3)21-13(19)18-10-15(4,20)9-17(18)12-8-6-5-7-11(12)16/h5-8,20H,9-10H2,1-4H3. The maximum Gasteiger partial charge on any atom is 0.429 e. The number of β-amino-alcohol motifs (C(OH)–C–C–N with tert-alkyl or cyclic N) is 1. The Bertz CT molecular complexity index is 540. The first-order valence-electron chi connectivity index (χ1n) is 6.84. The van der Waals surface area contributed by atoms with E-state index < -0.39 is 23.1 Å². The van der Waals surface area contributed by atoms with Crippen LogP contribution in [0.2, 0.25) is 0 Å². The molecule has 1 aliphatic rings. The molecule has 1 aromatic rings. The van der Waals surface area contributed by atoms with E-state index in [1.54, 1.807) is 45.9 Å². The first kappa shape index (κ1) is 15.6. The number of anilines is 1. The van der Waals surface area contributed by atoms with Gasteiger partial charge in [-0.15, -0.1) is 0 Å². The van der Waals surface area contributed by atoms with Crippen molar-refractivity contribution in [1.29, 1.82) is 0 Å². The Hall–Kier alpha value is -1.82. The van der Waals surface area contributed by atoms with Gasteiger partial charge < -0.3 is 9.84 Å². The number of rotatable bonds is 1. The van der Waals surface area contributed by atoms with Gasteiger partial charge in [-0.2, -0.15) is 0 Å². The van der Waals surface area contributed by atoms with Gasteiger partial charge in [-0.1, -0.05) is 12.1 Å². The van der Waals surface area contributed by atoms with E-state index in [2.05, 4.69) is 0 Å². The van der Waals surface area contributed by atoms with Crippen LogP contribution in [-0.2, 0) is 4.74 Å². The molecule has 0 bridgehead atoms. The van der Waals surface area contributed by atoms with E-state index in [0.717, 1.165) is 0 Å². The molecule has 0 radical (unpaired) electrons. The molecule has 0 saturated carbocycles. The van der Waals surface area contributed by atoms with E-state index in [9.17, 15) is 14.3 Å². The predicted molar refractivity (Wildman–Crippen MR) is 77.3 cm³/mol. The van der Waals surface area contributed by atoms with Gasteiger partial charge in [-0.3, -0.25) is 5.01 Å². The van der Waals surface area contributed by atoms with Crippen molar-refractivity contribution in [2.45, 2.75) is 38.9 Å². The second kappa shape index (κ2) is 5.18. The van der Waals surface area contributed by atoms with Crippen molar-refractivity contribution < 1.29 is 19.0 Å². The number of hydrogen-bond donors (Lipinski definition) is 1. The Kier molecular flexibility index (Phi) is 3.84. The zero-order valence-electron chi connectivity index (χ0n) is 12.8. The minimum atomic E-state index is -1.13. The number of nitrogens with zero attached hydrogens (tertiary/aromatic N) is 2. The highest BCUT2D eigenvalue weighted by atomic mass is 19.1. The first-order chi connectivity index (χ1) is 9.59. The third kappa shape index (κ3) is 3.64. The molecule has 116 valence electrons. The molecule has 6 heteroatoms. The smallest absolute Gasteiger partial charge is 0.429 e. The summed E-state index contributed by atoms with van der Waals surface area (Å²) in [5, 5.41) is 12.9. The van der Waals surface area contributed by atoms with E-state index >= 15 is 0 Å². The fourth-order valence-corrected chi connectivity index (χ4v) is 2.22. The number of carbonyl (C=O) groups is 1. The average molecular weight is 296 g/mol. The highest BCUT2D eigenvalue weighted by molar-refractivity contribution is 5.72. The summed E-state index contributed by atoms with van der Waals surface area (Å²) in [6.07, 6.45) is -0.608. The van der Waals surface area contributed by atoms with Gasteiger partial charge in [-0.25, -0.2) is 14.2 Å². The summed E-state index contributed by atoms with van der Waals surface area (Å²) in [6, 6.07) is 6.13. The Labute approximate surface area is 123 Å². The van der Waals surface area contributed by atoms with Crippen LogP contribution in [0.5, 0.6) is 0 Å². The normalized spacial score (nSPS) is 22.6. The average Bonchev–Trinajstić information content (AvgIpc) is 2.64. The molecule has 1 saturated heterocycles. The van der Waals surface area contributed by atoms with Crippen molar-refractivity contribution in [3.8, 4) is 0 Å². The molecule has 0 aliphatic carbocycles. The zero-order chi connectivity index (χ0) is 15.8. The molecule has 5 nitrogen and oxygen atoms in total. The number of carbonyl (C=O) groups excluding carboxylic acids is 1. The van der Waals surface area contributed by atoms with Crippen LogP contribution in [0.3, 0.4) is 0 Å². The number of ether oxygens (including phenoxy) is 1. The summed E-state index contributed by atoms with van der Waals surface area (Å²) in [5.41, 5.74) is -1.55. The molecule has 1 aliphatic heterocycles. The van der Waals surface area contributed by atoms with Crippen LogP contribution in [0.4, 0.5) is 14.9 Å². The van der Waals surface area contributed by atoms with Crippen molar-refractivity contribution in [3.05, 3.63) is 30.1 Å². The Morgan fingerprint density at radius 1 is 1.33 bits per heavy atom. The third-order valence-corrected chi connectivity index (χ3v) is 3.01. The van der Waals surface area contributed by atoms with Crippen LogP contribution in [0.15, 0.2) is 24.3 Å². The molecule has 1 amide bonds. The summed E-state index contributed by atoms with van der Waals surface area (Å²) < 4.78 is 19.3. The van der Waals surface area contributed by atoms with Gasteiger partial charge in [0.2, 0.25) is 0 Å². The van der Waals surface area contributed by atoms with E-state index in [-0.39, 0.29) is 18.8 Å². The Morgan fingerprint density at radius 3 is 2.52 bits per heavy atom. The molecule has 0 spiro atoms. The predicted octanol–water partition coefficient (Wildman–Crippen LogP) is 2.55. The van der Waals surface area contributed by atoms with Crippen molar-refractivity contribution in [2.75, 3.05) is 18.1 Å². The monoisotopic (exact) mass is 296 g/mol. The number of para-hydroxylation sites is 1. The van der Waals surface area contributed by atoms with Gasteiger partial charge in [0.15, 0.2) is 0 Å². The molecular formula is C15H21FN2O3. The molecule has 1 N–H and O–H groups in total. The van der Waals surface area contributed by atoms with E-state index in [0.29, 0.717) is 0 Å². The van der Waals surface area contributed by atoms with Crippen molar-refractivity contribution in [3.63, 3.8) is 0 Å². The summed E-state index contributed by atoms with van der Waals surface area (Å²) in [6.45, 7) is 7.04. The van der Waals surface area contributed by atoms with Crippen LogP contribution in [0.25, 0.3) is 0 Å². The van der Waals surface area contributed by atoms with Gasteiger partial charge >= 0.3 is 6.09 Å². The molecule has 1 heterocycles. The molecule has 21 heavy (non-hydrogen) atoms. The Balaban J connectivity index is 2.30. The highest BCUT2D eigenvalue weighted by Gasteiger charge is 2.43. The first-order valence-corrected chi connectivity index (χ1v) is 6.84. The second-order valence-corrected chi connectivity index (χ2v) is 6.54. The van der Waals surface area contributed by atoms with Gasteiger partial charge in [0, 0.05) is 0 Å². The molecule has 1 aromatic carbocycles. The number of hydrogen-bond acceptors (Lipinski definition) is 4. The number of hydrazine groups is 1. The van der Waals surface area contributed by atoms with Crippen molar-refractivity contribution in [1.82, 2.24) is 5.01 Å². The SMILES string of the molecule is CC1(O)CN(C(=O)OC(C)(C)C)N(c2ccccc2F)C1. The van der Waals surface area contributed by atoms with Gasteiger partial charge in [0.25, 0.3) is 0 Å². The Morgan fingerprint density at radius 2 is 1.95 bits per heavy atom. The summed E-state index contributed by atoms with van der Waals surface area (Å²) >= 11 is 0. The van der Waals surface area contributed by atoms with E-state index in [1.165, 1.54) is 16.1 Å². The molecule has 1 fully saturated rings. The van der Waals surface area contributed by atoms with E-state index in [4.69, 9.17) is 4.74 Å². The molecule has 2 rings (SSSR count). The summed E-state index contributed by atoms with van der Waals surface area (Å²) in [5.74, 6) is -0.455. The lowest BCUT2D eigenvalue weighted by atomic mass is 10.1. The minimum Gasteiger partial charge on any atom is -0.442 e. The van der Waals surface area contributed by atoms with Crippen LogP contribution in [0, 0.1) is 5.82 Å². The largest absolute Gasteiger partial charge is 0.442 e. The summed E-state index contributed by atoms with van der Waals surface area (Å²) in [4.78, 5) is 12.3. The van der Waals surface area contributed by atoms with Gasteiger partial charge in [-0.05, 0) is 39.8 Å². The van der Waals surface area contributed by atoms with Crippen LogP contribution in [-0.4, -0.2) is 40.5 Å². The summed E-state index contributed by atoms with van der Waals surface area (Å²) in [7, 11) is 0. The van der Waals surface area contributed by atoms with Gasteiger partial charge in [0.05, 0.1) is 18.8 Å². The maximum atomic E-state index is 14.0. The lowest BCUT2D eigenvalue weighted by Gasteiger charge is -2.31.